The van der Waals surface area contributed by atoms with Gasteiger partial charge in [0.05, 0.1) is 109 Å². The molecule has 2 saturated heterocycles. The number of esters is 3. The molecule has 21 heteroatoms. The van der Waals surface area contributed by atoms with Crippen molar-refractivity contribution in [2.24, 2.45) is 5.73 Å². The van der Waals surface area contributed by atoms with Crippen LogP contribution in [0, 0.1) is 0 Å². The SMILES string of the molecule is CCCCCOc1ccc(C(=O)CNC(=O)c2ccc(C(=O)OC)cc2)cc1.CCCCCOc1ccc(C2(CN)OCCO2)cc1.CCCCCOc1ccc(C2(CNC(=O)c3ccc(C(=O)OC)cc3)OCCO2)cc1.COC(=O)c1ccc(C(=O)O)cc1. The molecule has 8 rings (SSSR count). The van der Waals surface area contributed by atoms with Crippen LogP contribution in [0.1, 0.15) is 162 Å². The van der Waals surface area contributed by atoms with Gasteiger partial charge in [-0.15, -0.1) is 0 Å². The number of Topliss-reactive ketones (excluding diaryl/α,β-unsaturated/α-hetero) is 1. The topological polar surface area (TPSA) is 282 Å². The number of amides is 2. The largest absolute Gasteiger partial charge is 0.494 e. The van der Waals surface area contributed by atoms with Crippen molar-refractivity contribution in [1.82, 2.24) is 10.6 Å². The molecule has 2 aliphatic heterocycles. The molecule has 6 aromatic carbocycles. The Morgan fingerprint density at radius 3 is 1.07 bits per heavy atom. The summed E-state index contributed by atoms with van der Waals surface area (Å²) in [5.41, 5.74) is 10.0. The van der Waals surface area contributed by atoms with Gasteiger partial charge in [0.15, 0.2) is 5.78 Å². The Morgan fingerprint density at radius 1 is 0.418 bits per heavy atom. The van der Waals surface area contributed by atoms with E-state index in [9.17, 15) is 33.6 Å². The van der Waals surface area contributed by atoms with E-state index in [0.29, 0.717) is 79.6 Å². The van der Waals surface area contributed by atoms with Gasteiger partial charge in [0.1, 0.15) is 17.2 Å². The molecule has 6 aromatic rings. The molecule has 21 nitrogen and oxygen atoms in total. The summed E-state index contributed by atoms with van der Waals surface area (Å²) in [7, 11) is 3.88. The lowest BCUT2D eigenvalue weighted by Gasteiger charge is -2.28. The van der Waals surface area contributed by atoms with Gasteiger partial charge in [-0.05, 0) is 165 Å². The van der Waals surface area contributed by atoms with E-state index in [1.54, 1.807) is 48.5 Å². The molecule has 2 aliphatic rings. The molecule has 5 N–H and O–H groups in total. The molecular weight excluding hydrogens is 1170 g/mol. The highest BCUT2D eigenvalue weighted by Gasteiger charge is 2.39. The Hall–Kier alpha value is -8.99. The number of carboxylic acids is 1. The summed E-state index contributed by atoms with van der Waals surface area (Å²) >= 11 is 0. The third kappa shape index (κ3) is 23.4. The zero-order chi connectivity index (χ0) is 65.9. The smallest absolute Gasteiger partial charge is 0.337 e. The van der Waals surface area contributed by atoms with E-state index in [-0.39, 0.29) is 36.3 Å². The quantitative estimate of drug-likeness (QED) is 0.0147. The summed E-state index contributed by atoms with van der Waals surface area (Å²) < 4.78 is 53.9. The van der Waals surface area contributed by atoms with Crippen LogP contribution in [-0.2, 0) is 44.7 Å². The van der Waals surface area contributed by atoms with Crippen LogP contribution in [0.15, 0.2) is 146 Å². The van der Waals surface area contributed by atoms with Crippen molar-refractivity contribution in [3.05, 3.63) is 196 Å². The predicted octanol–water partition coefficient (Wildman–Crippen LogP) is 10.9. The van der Waals surface area contributed by atoms with Crippen LogP contribution in [-0.4, -0.2) is 134 Å². The number of carbonyl (C=O) groups excluding carboxylic acids is 6. The zero-order valence-corrected chi connectivity index (χ0v) is 52.8. The number of methoxy groups -OCH3 is 3. The Balaban J connectivity index is 0.000000230. The number of nitrogens with two attached hydrogens (primary N) is 1. The first-order valence-electron chi connectivity index (χ1n) is 30.4. The number of hydrogen-bond donors (Lipinski definition) is 4. The van der Waals surface area contributed by atoms with Gasteiger partial charge in [-0.1, -0.05) is 59.3 Å². The maximum absolute atomic E-state index is 12.6. The molecule has 0 spiro atoms. The second-order valence-corrected chi connectivity index (χ2v) is 20.6. The second-order valence-electron chi connectivity index (χ2n) is 20.6. The maximum atomic E-state index is 12.6. The average Bonchev–Trinajstić information content (AvgIpc) is 2.16. The first-order valence-corrected chi connectivity index (χ1v) is 30.4. The summed E-state index contributed by atoms with van der Waals surface area (Å²) in [6, 6.07) is 40.1. The fourth-order valence-corrected chi connectivity index (χ4v) is 8.94. The third-order valence-corrected chi connectivity index (χ3v) is 14.2. The Kier molecular flexibility index (Phi) is 31.3. The summed E-state index contributed by atoms with van der Waals surface area (Å²) in [5.74, 6) is -2.69. The van der Waals surface area contributed by atoms with E-state index in [1.807, 2.05) is 48.5 Å². The van der Waals surface area contributed by atoms with Gasteiger partial charge in [-0.3, -0.25) is 14.4 Å². The molecule has 0 aromatic heterocycles. The van der Waals surface area contributed by atoms with Crippen molar-refractivity contribution < 1.29 is 86.0 Å². The minimum Gasteiger partial charge on any atom is -0.494 e. The van der Waals surface area contributed by atoms with Crippen molar-refractivity contribution in [2.75, 3.05) is 87.2 Å². The Morgan fingerprint density at radius 2 is 0.725 bits per heavy atom. The van der Waals surface area contributed by atoms with E-state index < -0.39 is 35.5 Å². The highest BCUT2D eigenvalue weighted by molar-refractivity contribution is 6.02. The van der Waals surface area contributed by atoms with E-state index in [4.69, 9.17) is 44.0 Å². The highest BCUT2D eigenvalue weighted by atomic mass is 16.7. The molecule has 0 atom stereocenters. The molecule has 488 valence electrons. The number of ether oxygens (including phenoxy) is 10. The van der Waals surface area contributed by atoms with Gasteiger partial charge in [0.2, 0.25) is 11.6 Å². The standard InChI is InChI=1S/C24H29NO6.C22H25NO5.C15H23NO3.C9H8O4/c1-3-4-5-14-29-21-12-10-20(11-13-21)24(30-15-16-31-24)17-25-22(26)18-6-8-19(9-7-18)23(27)28-2;1-3-4-5-14-28-19-12-10-16(11-13-19)20(24)15-23-21(25)17-6-8-18(9-7-17)22(26)27-2;1-2-3-4-9-17-14-7-5-13(6-8-14)15(12-16)18-10-11-19-15;1-13-9(12)7-4-2-6(3-5-7)8(10)11/h6-13H,3-5,14-17H2,1-2H3,(H,25,26);6-13H,3-5,14-15H2,1-2H3,(H,23,25);5-8H,2-4,9-12,16H2,1H3;2-5H,1H3,(H,10,11). The summed E-state index contributed by atoms with van der Waals surface area (Å²) in [6.07, 6.45) is 10.1. The van der Waals surface area contributed by atoms with E-state index >= 15 is 0 Å². The molecule has 2 fully saturated rings. The molecule has 0 bridgehead atoms. The van der Waals surface area contributed by atoms with Crippen molar-refractivity contribution in [2.45, 2.75) is 90.1 Å². The number of aromatic carboxylic acids is 1. The number of rotatable bonds is 29. The van der Waals surface area contributed by atoms with E-state index in [1.165, 1.54) is 82.7 Å². The lowest BCUT2D eigenvalue weighted by Crippen LogP contribution is -2.41. The number of ketones is 1. The van der Waals surface area contributed by atoms with Crippen LogP contribution >= 0.6 is 0 Å². The molecule has 91 heavy (non-hydrogen) atoms. The molecule has 0 radical (unpaired) electrons. The van der Waals surface area contributed by atoms with E-state index in [0.717, 1.165) is 79.9 Å². The minimum absolute atomic E-state index is 0.117. The zero-order valence-electron chi connectivity index (χ0n) is 52.8. The van der Waals surface area contributed by atoms with Crippen molar-refractivity contribution in [3.63, 3.8) is 0 Å². The highest BCUT2D eigenvalue weighted by Crippen LogP contribution is 2.33. The molecule has 0 unspecified atom stereocenters. The number of carbonyl (C=O) groups is 7. The summed E-state index contributed by atoms with van der Waals surface area (Å²) in [5, 5.41) is 14.0. The summed E-state index contributed by atoms with van der Waals surface area (Å²) in [4.78, 5) is 81.3. The maximum Gasteiger partial charge on any atom is 0.337 e. The van der Waals surface area contributed by atoms with Gasteiger partial charge in [-0.25, -0.2) is 19.2 Å². The predicted molar refractivity (Wildman–Crippen MR) is 340 cm³/mol. The van der Waals surface area contributed by atoms with Gasteiger partial charge < -0.3 is 68.8 Å². The van der Waals surface area contributed by atoms with Gasteiger partial charge in [0.25, 0.3) is 11.8 Å². The summed E-state index contributed by atoms with van der Waals surface area (Å²) in [6.45, 7) is 11.0. The number of hydrogen-bond acceptors (Lipinski definition) is 18. The Labute approximate surface area is 532 Å². The van der Waals surface area contributed by atoms with Crippen LogP contribution in [0.2, 0.25) is 0 Å². The number of nitrogens with one attached hydrogen (secondary N) is 2. The fourth-order valence-electron chi connectivity index (χ4n) is 8.94. The fraction of sp³-hybridized carbons (Fsp3) is 0.386. The van der Waals surface area contributed by atoms with Crippen molar-refractivity contribution >= 4 is 41.5 Å². The van der Waals surface area contributed by atoms with Crippen LogP contribution in [0.25, 0.3) is 0 Å². The van der Waals surface area contributed by atoms with Gasteiger partial charge >= 0.3 is 23.9 Å². The normalized spacial score (nSPS) is 13.2. The lowest BCUT2D eigenvalue weighted by molar-refractivity contribution is -0.160. The Bertz CT molecular complexity index is 3180. The van der Waals surface area contributed by atoms with Crippen molar-refractivity contribution in [3.8, 4) is 17.2 Å². The first-order chi connectivity index (χ1) is 44.1. The molecule has 2 amide bonds. The molecule has 2 heterocycles. The average molecular weight is 1260 g/mol. The molecule has 0 saturated carbocycles. The van der Waals surface area contributed by atoms with Gasteiger partial charge in [0, 0.05) is 27.8 Å². The first kappa shape index (κ1) is 72.8. The van der Waals surface area contributed by atoms with Crippen LogP contribution in [0.5, 0.6) is 17.2 Å². The van der Waals surface area contributed by atoms with Crippen LogP contribution in [0.3, 0.4) is 0 Å². The number of benzene rings is 6. The molecular formula is C70H85N3O18. The number of carboxylic acid groups (broad SMARTS) is 1. The van der Waals surface area contributed by atoms with Crippen LogP contribution < -0.4 is 30.6 Å². The van der Waals surface area contributed by atoms with Crippen LogP contribution in [0.4, 0.5) is 0 Å². The van der Waals surface area contributed by atoms with Crippen molar-refractivity contribution in [1.29, 1.82) is 0 Å². The van der Waals surface area contributed by atoms with E-state index in [2.05, 4.69) is 45.6 Å². The lowest BCUT2D eigenvalue weighted by atomic mass is 10.0. The second kappa shape index (κ2) is 39.2. The number of unbranched alkanes of at least 4 members (excludes halogenated alkanes) is 6. The molecule has 0 aliphatic carbocycles. The van der Waals surface area contributed by atoms with Gasteiger partial charge in [-0.2, -0.15) is 0 Å². The monoisotopic (exact) mass is 1260 g/mol. The third-order valence-electron chi connectivity index (χ3n) is 14.2. The minimum atomic E-state index is -1.04.